The molecule has 1 fully saturated rings. The summed E-state index contributed by atoms with van der Waals surface area (Å²) in [5.41, 5.74) is -0.00190. The van der Waals surface area contributed by atoms with Gasteiger partial charge in [-0.1, -0.05) is 12.1 Å². The second-order valence-corrected chi connectivity index (χ2v) is 4.53. The maximum absolute atomic E-state index is 13.3. The summed E-state index contributed by atoms with van der Waals surface area (Å²) in [5.74, 6) is -1.22. The number of benzene rings is 1. The van der Waals surface area contributed by atoms with Crippen LogP contribution in [0.15, 0.2) is 24.3 Å². The zero-order valence-electron chi connectivity index (χ0n) is 11.0. The number of amides is 2. The third-order valence-electron chi connectivity index (χ3n) is 3.05. The van der Waals surface area contributed by atoms with Crippen molar-refractivity contribution < 1.29 is 18.7 Å². The lowest BCUT2D eigenvalue weighted by Crippen LogP contribution is -2.39. The molecule has 1 aromatic rings. The summed E-state index contributed by atoms with van der Waals surface area (Å²) in [5, 5.41) is 5.22. The van der Waals surface area contributed by atoms with Crippen LogP contribution in [0.2, 0.25) is 0 Å². The fourth-order valence-corrected chi connectivity index (χ4v) is 2.00. The second-order valence-electron chi connectivity index (χ2n) is 4.53. The molecule has 0 saturated carbocycles. The Balaban J connectivity index is 1.69. The quantitative estimate of drug-likeness (QED) is 0.786. The Bertz CT molecular complexity index is 487. The van der Waals surface area contributed by atoms with Crippen molar-refractivity contribution in [3.8, 4) is 0 Å². The molecule has 108 valence electrons. The second kappa shape index (κ2) is 7.00. The molecule has 0 spiro atoms. The van der Waals surface area contributed by atoms with Crippen molar-refractivity contribution in [3.63, 3.8) is 0 Å². The Hall–Kier alpha value is -1.95. The van der Waals surface area contributed by atoms with Crippen LogP contribution in [0.3, 0.4) is 0 Å². The summed E-state index contributed by atoms with van der Waals surface area (Å²) in [4.78, 5) is 23.3. The van der Waals surface area contributed by atoms with Gasteiger partial charge in [0.15, 0.2) is 0 Å². The molecule has 1 saturated heterocycles. The number of hydrogen-bond acceptors (Lipinski definition) is 3. The van der Waals surface area contributed by atoms with Gasteiger partial charge in [0, 0.05) is 19.7 Å². The largest absolute Gasteiger partial charge is 0.368 e. The molecule has 1 aliphatic rings. The minimum Gasteiger partial charge on any atom is -0.368 e. The minimum atomic E-state index is -0.562. The lowest BCUT2D eigenvalue weighted by molar-refractivity contribution is -0.129. The first-order valence-electron chi connectivity index (χ1n) is 6.60. The van der Waals surface area contributed by atoms with Gasteiger partial charge in [0.2, 0.25) is 5.91 Å². The van der Waals surface area contributed by atoms with Crippen LogP contribution in [-0.4, -0.2) is 37.6 Å². The van der Waals surface area contributed by atoms with Gasteiger partial charge in [0.1, 0.15) is 11.9 Å². The summed E-state index contributed by atoms with van der Waals surface area (Å²) in [6, 6.07) is 5.76. The SMILES string of the molecule is O=C(NCCNC(=O)C1CCCO1)c1ccccc1F. The molecule has 1 heterocycles. The highest BCUT2D eigenvalue weighted by Gasteiger charge is 2.22. The van der Waals surface area contributed by atoms with E-state index in [9.17, 15) is 14.0 Å². The summed E-state index contributed by atoms with van der Waals surface area (Å²) in [6.45, 7) is 1.15. The number of carbonyl (C=O) groups is 2. The van der Waals surface area contributed by atoms with Crippen molar-refractivity contribution in [2.75, 3.05) is 19.7 Å². The Kier molecular flexibility index (Phi) is 5.06. The number of hydrogen-bond donors (Lipinski definition) is 2. The zero-order valence-corrected chi connectivity index (χ0v) is 11.0. The van der Waals surface area contributed by atoms with E-state index in [4.69, 9.17) is 4.74 Å². The third-order valence-corrected chi connectivity index (χ3v) is 3.05. The van der Waals surface area contributed by atoms with Gasteiger partial charge in [0.25, 0.3) is 5.91 Å². The molecular formula is C14H17FN2O3. The Labute approximate surface area is 116 Å². The molecule has 0 bridgehead atoms. The van der Waals surface area contributed by atoms with Gasteiger partial charge in [-0.25, -0.2) is 4.39 Å². The molecule has 0 aromatic heterocycles. The van der Waals surface area contributed by atoms with E-state index < -0.39 is 11.7 Å². The van der Waals surface area contributed by atoms with Crippen molar-refractivity contribution in [1.29, 1.82) is 0 Å². The maximum Gasteiger partial charge on any atom is 0.254 e. The van der Waals surface area contributed by atoms with E-state index in [1.54, 1.807) is 6.07 Å². The predicted octanol–water partition coefficient (Wildman–Crippen LogP) is 0.851. The minimum absolute atomic E-state index is 0.00190. The average Bonchev–Trinajstić information content (AvgIpc) is 2.98. The molecule has 0 aliphatic carbocycles. The fourth-order valence-electron chi connectivity index (χ4n) is 2.00. The Morgan fingerprint density at radius 2 is 2.00 bits per heavy atom. The number of nitrogens with one attached hydrogen (secondary N) is 2. The molecule has 6 heteroatoms. The fraction of sp³-hybridized carbons (Fsp3) is 0.429. The molecule has 1 aliphatic heterocycles. The first kappa shape index (κ1) is 14.5. The van der Waals surface area contributed by atoms with Crippen LogP contribution in [-0.2, 0) is 9.53 Å². The molecule has 1 unspecified atom stereocenters. The lowest BCUT2D eigenvalue weighted by Gasteiger charge is -2.11. The van der Waals surface area contributed by atoms with E-state index >= 15 is 0 Å². The lowest BCUT2D eigenvalue weighted by atomic mass is 10.2. The van der Waals surface area contributed by atoms with E-state index in [0.717, 1.165) is 12.8 Å². The number of halogens is 1. The predicted molar refractivity (Wildman–Crippen MR) is 70.7 cm³/mol. The molecule has 2 N–H and O–H groups in total. The summed E-state index contributed by atoms with van der Waals surface area (Å²) >= 11 is 0. The standard InChI is InChI=1S/C14H17FN2O3/c15-11-5-2-1-4-10(11)13(18)16-7-8-17-14(19)12-6-3-9-20-12/h1-2,4-5,12H,3,6-9H2,(H,16,18)(H,17,19). The van der Waals surface area contributed by atoms with Crippen LogP contribution in [0.4, 0.5) is 4.39 Å². The van der Waals surface area contributed by atoms with Gasteiger partial charge in [-0.15, -0.1) is 0 Å². The Morgan fingerprint density at radius 1 is 1.25 bits per heavy atom. The Morgan fingerprint density at radius 3 is 2.70 bits per heavy atom. The third kappa shape index (κ3) is 3.77. The highest BCUT2D eigenvalue weighted by Crippen LogP contribution is 2.11. The van der Waals surface area contributed by atoms with Gasteiger partial charge in [-0.2, -0.15) is 0 Å². The van der Waals surface area contributed by atoms with Crippen molar-refractivity contribution in [2.24, 2.45) is 0 Å². The van der Waals surface area contributed by atoms with E-state index in [1.807, 2.05) is 0 Å². The number of ether oxygens (including phenoxy) is 1. The van der Waals surface area contributed by atoms with E-state index in [1.165, 1.54) is 18.2 Å². The van der Waals surface area contributed by atoms with E-state index in [2.05, 4.69) is 10.6 Å². The van der Waals surface area contributed by atoms with Gasteiger partial charge >= 0.3 is 0 Å². The summed E-state index contributed by atoms with van der Waals surface area (Å²) < 4.78 is 18.6. The first-order chi connectivity index (χ1) is 9.68. The summed E-state index contributed by atoms with van der Waals surface area (Å²) in [7, 11) is 0. The maximum atomic E-state index is 13.3. The molecule has 5 nitrogen and oxygen atoms in total. The zero-order chi connectivity index (χ0) is 14.4. The molecule has 2 rings (SSSR count). The molecular weight excluding hydrogens is 263 g/mol. The number of rotatable bonds is 5. The van der Waals surface area contributed by atoms with Gasteiger partial charge in [0.05, 0.1) is 5.56 Å². The molecule has 20 heavy (non-hydrogen) atoms. The van der Waals surface area contributed by atoms with Crippen molar-refractivity contribution in [3.05, 3.63) is 35.6 Å². The van der Waals surface area contributed by atoms with Crippen LogP contribution in [0.25, 0.3) is 0 Å². The van der Waals surface area contributed by atoms with Crippen LogP contribution in [0.5, 0.6) is 0 Å². The topological polar surface area (TPSA) is 67.4 Å². The highest BCUT2D eigenvalue weighted by atomic mass is 19.1. The molecule has 1 aromatic carbocycles. The average molecular weight is 280 g/mol. The summed E-state index contributed by atoms with van der Waals surface area (Å²) in [6.07, 6.45) is 1.24. The number of carbonyl (C=O) groups excluding carboxylic acids is 2. The van der Waals surface area contributed by atoms with Crippen molar-refractivity contribution in [2.45, 2.75) is 18.9 Å². The first-order valence-corrected chi connectivity index (χ1v) is 6.60. The van der Waals surface area contributed by atoms with Crippen LogP contribution in [0, 0.1) is 5.82 Å². The van der Waals surface area contributed by atoms with Gasteiger partial charge < -0.3 is 15.4 Å². The van der Waals surface area contributed by atoms with Crippen LogP contribution in [0.1, 0.15) is 23.2 Å². The van der Waals surface area contributed by atoms with E-state index in [0.29, 0.717) is 13.2 Å². The van der Waals surface area contributed by atoms with Crippen LogP contribution < -0.4 is 10.6 Å². The van der Waals surface area contributed by atoms with Gasteiger partial charge in [-0.05, 0) is 25.0 Å². The molecule has 0 radical (unpaired) electrons. The van der Waals surface area contributed by atoms with Crippen molar-refractivity contribution in [1.82, 2.24) is 10.6 Å². The smallest absolute Gasteiger partial charge is 0.254 e. The normalized spacial score (nSPS) is 17.8. The highest BCUT2D eigenvalue weighted by molar-refractivity contribution is 5.94. The van der Waals surface area contributed by atoms with Gasteiger partial charge in [-0.3, -0.25) is 9.59 Å². The molecule has 1 atom stereocenters. The monoisotopic (exact) mass is 280 g/mol. The molecule has 2 amide bonds. The van der Waals surface area contributed by atoms with Crippen LogP contribution >= 0.6 is 0 Å². The van der Waals surface area contributed by atoms with E-state index in [-0.39, 0.29) is 24.1 Å². The van der Waals surface area contributed by atoms with Crippen molar-refractivity contribution >= 4 is 11.8 Å².